The zero-order chi connectivity index (χ0) is 24.6. The first-order valence-corrected chi connectivity index (χ1v) is 11.0. The van der Waals surface area contributed by atoms with Crippen LogP contribution in [0.1, 0.15) is 44.1 Å². The predicted octanol–water partition coefficient (Wildman–Crippen LogP) is 5.69. The van der Waals surface area contributed by atoms with Crippen LogP contribution in [0.2, 0.25) is 0 Å². The van der Waals surface area contributed by atoms with Gasteiger partial charge in [0.2, 0.25) is 0 Å². The van der Waals surface area contributed by atoms with Crippen molar-refractivity contribution in [1.29, 1.82) is 0 Å². The molecule has 4 rings (SSSR count). The van der Waals surface area contributed by atoms with Gasteiger partial charge in [0.05, 0.1) is 32.2 Å². The van der Waals surface area contributed by atoms with Crippen LogP contribution in [-0.4, -0.2) is 35.9 Å². The number of nitrogens with zero attached hydrogens (tertiary/aromatic N) is 3. The van der Waals surface area contributed by atoms with Crippen molar-refractivity contribution in [2.75, 3.05) is 14.2 Å². The van der Waals surface area contributed by atoms with Crippen molar-refractivity contribution in [2.45, 2.75) is 46.8 Å². The van der Waals surface area contributed by atoms with Gasteiger partial charge in [0.15, 0.2) is 11.4 Å². The van der Waals surface area contributed by atoms with E-state index in [-0.39, 0.29) is 22.7 Å². The molecule has 6 nitrogen and oxygen atoms in total. The third-order valence-electron chi connectivity index (χ3n) is 6.28. The molecule has 1 aromatic carbocycles. The summed E-state index contributed by atoms with van der Waals surface area (Å²) in [5.74, 6) is 0.543. The Morgan fingerprint density at radius 1 is 1.12 bits per heavy atom. The number of alkyl halides is 2. The molecule has 1 aliphatic carbocycles. The number of halogens is 3. The smallest absolute Gasteiger partial charge is 0.387 e. The Bertz CT molecular complexity index is 1230. The molecule has 1 atom stereocenters. The monoisotopic (exact) mass is 475 g/mol. The second-order valence-electron chi connectivity index (χ2n) is 9.41. The number of rotatable bonds is 6. The largest absolute Gasteiger partial charge is 0.497 e. The standard InChI is InChI=1S/C25H28F3N3O3/c1-25(2,3)15-8-18(29-12-14-6-7-17(32-4)11-20(14)33-5)22-19(9-15)31-13-16(26)10-21(23(31)30-22)34-24(27)28/h6-7,10-11,13,15,24H,8-9,12H2,1-5H3. The molecule has 1 aliphatic rings. The van der Waals surface area contributed by atoms with Crippen molar-refractivity contribution in [1.82, 2.24) is 9.38 Å². The zero-order valence-corrected chi connectivity index (χ0v) is 19.9. The maximum atomic E-state index is 14.3. The van der Waals surface area contributed by atoms with Crippen LogP contribution >= 0.6 is 0 Å². The van der Waals surface area contributed by atoms with Gasteiger partial charge in [0.1, 0.15) is 23.0 Å². The molecule has 0 spiro atoms. The molecule has 0 aliphatic heterocycles. The summed E-state index contributed by atoms with van der Waals surface area (Å²) >= 11 is 0. The summed E-state index contributed by atoms with van der Waals surface area (Å²) in [5.41, 5.74) is 3.02. The van der Waals surface area contributed by atoms with Gasteiger partial charge >= 0.3 is 6.61 Å². The van der Waals surface area contributed by atoms with Crippen molar-refractivity contribution in [3.05, 3.63) is 53.2 Å². The molecule has 0 radical (unpaired) electrons. The van der Waals surface area contributed by atoms with Gasteiger partial charge in [-0.15, -0.1) is 0 Å². The Morgan fingerprint density at radius 2 is 1.88 bits per heavy atom. The second kappa shape index (κ2) is 9.19. The van der Waals surface area contributed by atoms with Crippen LogP contribution in [0.3, 0.4) is 0 Å². The molecule has 1 unspecified atom stereocenters. The minimum atomic E-state index is -3.09. The number of hydrogen-bond donors (Lipinski definition) is 0. The molecular weight excluding hydrogens is 447 g/mol. The van der Waals surface area contributed by atoms with Crippen LogP contribution in [0.4, 0.5) is 13.2 Å². The molecule has 9 heteroatoms. The molecule has 34 heavy (non-hydrogen) atoms. The molecule has 3 aromatic rings. The average Bonchev–Trinajstić information content (AvgIpc) is 3.15. The molecule has 182 valence electrons. The van der Waals surface area contributed by atoms with E-state index in [2.05, 4.69) is 30.5 Å². The molecular formula is C25H28F3N3O3. The van der Waals surface area contributed by atoms with E-state index in [9.17, 15) is 13.2 Å². The fraction of sp³-hybridized carbons (Fsp3) is 0.440. The molecule has 2 aromatic heterocycles. The molecule has 0 N–H and O–H groups in total. The first-order chi connectivity index (χ1) is 16.1. The highest BCUT2D eigenvalue weighted by molar-refractivity contribution is 6.02. The zero-order valence-electron chi connectivity index (χ0n) is 19.9. The van der Waals surface area contributed by atoms with Crippen LogP contribution in [0.25, 0.3) is 5.65 Å². The molecule has 0 saturated heterocycles. The molecule has 0 saturated carbocycles. The summed E-state index contributed by atoms with van der Waals surface area (Å²) in [4.78, 5) is 9.45. The Kier molecular flexibility index (Phi) is 6.47. The summed E-state index contributed by atoms with van der Waals surface area (Å²) in [6.45, 7) is 3.67. The topological polar surface area (TPSA) is 57.4 Å². The fourth-order valence-corrected chi connectivity index (χ4v) is 4.29. The van der Waals surface area contributed by atoms with Gasteiger partial charge in [-0.2, -0.15) is 8.78 Å². The van der Waals surface area contributed by atoms with E-state index in [0.29, 0.717) is 36.6 Å². The second-order valence-corrected chi connectivity index (χ2v) is 9.41. The lowest BCUT2D eigenvalue weighted by Crippen LogP contribution is -2.31. The highest BCUT2D eigenvalue weighted by atomic mass is 19.3. The minimum Gasteiger partial charge on any atom is -0.497 e. The SMILES string of the molecule is COc1ccc(CN=C2CC(C(C)(C)C)Cc3c2nc2c(OC(F)F)cc(F)cn32)c(OC)c1. The summed E-state index contributed by atoms with van der Waals surface area (Å²) in [6.07, 6.45) is 2.53. The van der Waals surface area contributed by atoms with Crippen LogP contribution in [0.15, 0.2) is 35.5 Å². The highest BCUT2D eigenvalue weighted by Gasteiger charge is 2.35. The first-order valence-electron chi connectivity index (χ1n) is 11.0. The minimum absolute atomic E-state index is 0.0595. The number of imidazole rings is 1. The van der Waals surface area contributed by atoms with Crippen LogP contribution < -0.4 is 14.2 Å². The maximum absolute atomic E-state index is 14.3. The van der Waals surface area contributed by atoms with E-state index in [4.69, 9.17) is 14.5 Å². The van der Waals surface area contributed by atoms with Crippen molar-refractivity contribution in [2.24, 2.45) is 16.3 Å². The number of ether oxygens (including phenoxy) is 3. The van der Waals surface area contributed by atoms with Gasteiger partial charge < -0.3 is 14.2 Å². The first kappa shape index (κ1) is 23.9. The number of fused-ring (bicyclic) bond motifs is 3. The van der Waals surface area contributed by atoms with Crippen LogP contribution in [0, 0.1) is 17.2 Å². The van der Waals surface area contributed by atoms with E-state index in [0.717, 1.165) is 23.0 Å². The number of benzene rings is 1. The van der Waals surface area contributed by atoms with E-state index in [1.165, 1.54) is 10.6 Å². The summed E-state index contributed by atoms with van der Waals surface area (Å²) < 4.78 is 57.1. The van der Waals surface area contributed by atoms with E-state index in [1.807, 2.05) is 12.1 Å². The quantitative estimate of drug-likeness (QED) is 0.460. The number of aliphatic imine (C=N–C) groups is 1. The number of methoxy groups -OCH3 is 2. The third-order valence-corrected chi connectivity index (χ3v) is 6.28. The summed E-state index contributed by atoms with van der Waals surface area (Å²) in [7, 11) is 3.17. The number of pyridine rings is 1. The van der Waals surface area contributed by atoms with Gasteiger partial charge in [0, 0.05) is 23.9 Å². The molecule has 0 bridgehead atoms. The number of aromatic nitrogens is 2. The Labute approximate surface area is 196 Å². The lowest BCUT2D eigenvalue weighted by Gasteiger charge is -2.34. The Balaban J connectivity index is 1.82. The van der Waals surface area contributed by atoms with Crippen molar-refractivity contribution < 1.29 is 27.4 Å². The van der Waals surface area contributed by atoms with Gasteiger partial charge in [-0.25, -0.2) is 9.37 Å². The number of hydrogen-bond acceptors (Lipinski definition) is 5. The van der Waals surface area contributed by atoms with E-state index >= 15 is 0 Å². The van der Waals surface area contributed by atoms with Crippen LogP contribution in [-0.2, 0) is 13.0 Å². The maximum Gasteiger partial charge on any atom is 0.387 e. The predicted molar refractivity (Wildman–Crippen MR) is 123 cm³/mol. The van der Waals surface area contributed by atoms with Gasteiger partial charge in [0.25, 0.3) is 0 Å². The molecule has 0 amide bonds. The van der Waals surface area contributed by atoms with Crippen molar-refractivity contribution in [3.8, 4) is 17.2 Å². The molecule has 2 heterocycles. The molecule has 0 fully saturated rings. The van der Waals surface area contributed by atoms with Crippen molar-refractivity contribution in [3.63, 3.8) is 0 Å². The van der Waals surface area contributed by atoms with Crippen molar-refractivity contribution >= 4 is 11.4 Å². The summed E-state index contributed by atoms with van der Waals surface area (Å²) in [5, 5.41) is 0. The lowest BCUT2D eigenvalue weighted by molar-refractivity contribution is -0.0493. The average molecular weight is 476 g/mol. The Morgan fingerprint density at radius 3 is 2.53 bits per heavy atom. The third kappa shape index (κ3) is 4.69. The van der Waals surface area contributed by atoms with Crippen LogP contribution in [0.5, 0.6) is 17.2 Å². The Hall–Kier alpha value is -3.23. The van der Waals surface area contributed by atoms with E-state index < -0.39 is 12.4 Å². The van der Waals surface area contributed by atoms with Gasteiger partial charge in [-0.3, -0.25) is 9.39 Å². The fourth-order valence-electron chi connectivity index (χ4n) is 4.29. The van der Waals surface area contributed by atoms with Gasteiger partial charge in [-0.1, -0.05) is 20.8 Å². The normalized spacial score (nSPS) is 17.3. The lowest BCUT2D eigenvalue weighted by atomic mass is 9.72. The summed E-state index contributed by atoms with van der Waals surface area (Å²) in [6, 6.07) is 6.45. The van der Waals surface area contributed by atoms with Gasteiger partial charge in [-0.05, 0) is 36.3 Å². The van der Waals surface area contributed by atoms with E-state index in [1.54, 1.807) is 20.3 Å². The highest BCUT2D eigenvalue weighted by Crippen LogP contribution is 2.39.